The van der Waals surface area contributed by atoms with Gasteiger partial charge >= 0.3 is 0 Å². The van der Waals surface area contributed by atoms with E-state index in [4.69, 9.17) is 15.2 Å². The summed E-state index contributed by atoms with van der Waals surface area (Å²) in [5, 5.41) is 0. The van der Waals surface area contributed by atoms with E-state index in [1.54, 1.807) is 7.11 Å². The Labute approximate surface area is 120 Å². The van der Waals surface area contributed by atoms with Gasteiger partial charge in [0.15, 0.2) is 0 Å². The third-order valence-corrected chi connectivity index (χ3v) is 3.04. The summed E-state index contributed by atoms with van der Waals surface area (Å²) in [6, 6.07) is 14.1. The fraction of sp³-hybridized carbons (Fsp3) is 0.294. The van der Waals surface area contributed by atoms with Crippen LogP contribution < -0.4 is 15.2 Å². The molecule has 3 nitrogen and oxygen atoms in total. The fourth-order valence-electron chi connectivity index (χ4n) is 2.14. The summed E-state index contributed by atoms with van der Waals surface area (Å²) in [6.45, 7) is 4.50. The van der Waals surface area contributed by atoms with E-state index in [1.807, 2.05) is 44.2 Å². The Hall–Kier alpha value is -2.00. The van der Waals surface area contributed by atoms with Crippen molar-refractivity contribution in [1.82, 2.24) is 0 Å². The topological polar surface area (TPSA) is 44.5 Å². The second-order valence-electron chi connectivity index (χ2n) is 4.93. The molecule has 0 spiro atoms. The lowest BCUT2D eigenvalue weighted by Crippen LogP contribution is -2.05. The Morgan fingerprint density at radius 1 is 1.05 bits per heavy atom. The first-order valence-electron chi connectivity index (χ1n) is 6.78. The summed E-state index contributed by atoms with van der Waals surface area (Å²) in [4.78, 5) is 0. The van der Waals surface area contributed by atoms with Crippen LogP contribution in [0.25, 0.3) is 11.1 Å². The number of ether oxygens (including phenoxy) is 2. The molecule has 3 heteroatoms. The Morgan fingerprint density at radius 2 is 1.80 bits per heavy atom. The van der Waals surface area contributed by atoms with Gasteiger partial charge in [-0.2, -0.15) is 0 Å². The summed E-state index contributed by atoms with van der Waals surface area (Å²) >= 11 is 0. The van der Waals surface area contributed by atoms with Crippen LogP contribution in [-0.2, 0) is 6.54 Å². The molecule has 0 unspecified atom stereocenters. The van der Waals surface area contributed by atoms with Crippen LogP contribution in [0.4, 0.5) is 0 Å². The third-order valence-electron chi connectivity index (χ3n) is 3.04. The number of hydrogen-bond acceptors (Lipinski definition) is 3. The molecule has 0 aliphatic carbocycles. The van der Waals surface area contributed by atoms with Crippen LogP contribution in [0.3, 0.4) is 0 Å². The lowest BCUT2D eigenvalue weighted by Gasteiger charge is -2.12. The summed E-state index contributed by atoms with van der Waals surface area (Å²) in [5.74, 6) is 1.70. The number of methoxy groups -OCH3 is 1. The fourth-order valence-corrected chi connectivity index (χ4v) is 2.14. The van der Waals surface area contributed by atoms with Crippen molar-refractivity contribution in [3.8, 4) is 22.6 Å². The standard InChI is InChI=1S/C17H21NO2/c1-12(2)20-16-6-4-5-13(10-16)14-7-8-17(19-3)15(9-14)11-18/h4-10,12H,11,18H2,1-3H3. The van der Waals surface area contributed by atoms with Crippen molar-refractivity contribution in [2.45, 2.75) is 26.5 Å². The molecule has 0 heterocycles. The second kappa shape index (κ2) is 6.44. The highest BCUT2D eigenvalue weighted by molar-refractivity contribution is 5.67. The zero-order valence-electron chi connectivity index (χ0n) is 12.2. The highest BCUT2D eigenvalue weighted by atomic mass is 16.5. The maximum Gasteiger partial charge on any atom is 0.123 e. The molecule has 2 rings (SSSR count). The minimum absolute atomic E-state index is 0.167. The largest absolute Gasteiger partial charge is 0.496 e. The van der Waals surface area contributed by atoms with E-state index in [0.717, 1.165) is 28.2 Å². The minimum Gasteiger partial charge on any atom is -0.496 e. The van der Waals surface area contributed by atoms with Crippen LogP contribution in [0.1, 0.15) is 19.4 Å². The first kappa shape index (κ1) is 14.4. The van der Waals surface area contributed by atoms with E-state index in [1.165, 1.54) is 0 Å². The minimum atomic E-state index is 0.167. The maximum absolute atomic E-state index is 5.76. The first-order valence-corrected chi connectivity index (χ1v) is 6.78. The van der Waals surface area contributed by atoms with Crippen LogP contribution in [0, 0.1) is 0 Å². The van der Waals surface area contributed by atoms with Gasteiger partial charge in [0.25, 0.3) is 0 Å². The lowest BCUT2D eigenvalue weighted by atomic mass is 10.0. The van der Waals surface area contributed by atoms with Gasteiger partial charge in [-0.25, -0.2) is 0 Å². The van der Waals surface area contributed by atoms with Crippen molar-refractivity contribution in [3.05, 3.63) is 48.0 Å². The molecule has 2 aromatic rings. The quantitative estimate of drug-likeness (QED) is 0.903. The summed E-state index contributed by atoms with van der Waals surface area (Å²) in [7, 11) is 1.66. The van der Waals surface area contributed by atoms with E-state index in [9.17, 15) is 0 Å². The van der Waals surface area contributed by atoms with E-state index < -0.39 is 0 Å². The number of hydrogen-bond donors (Lipinski definition) is 1. The molecule has 0 atom stereocenters. The summed E-state index contributed by atoms with van der Waals surface area (Å²) < 4.78 is 11.0. The summed E-state index contributed by atoms with van der Waals surface area (Å²) in [6.07, 6.45) is 0.167. The van der Waals surface area contributed by atoms with E-state index in [0.29, 0.717) is 6.54 Å². The zero-order valence-corrected chi connectivity index (χ0v) is 12.2. The van der Waals surface area contributed by atoms with Gasteiger partial charge in [0.2, 0.25) is 0 Å². The van der Waals surface area contributed by atoms with Crippen LogP contribution in [0.5, 0.6) is 11.5 Å². The zero-order chi connectivity index (χ0) is 14.5. The monoisotopic (exact) mass is 271 g/mol. The van der Waals surface area contributed by atoms with Crippen molar-refractivity contribution in [2.24, 2.45) is 5.73 Å². The molecule has 106 valence electrons. The predicted octanol–water partition coefficient (Wildman–Crippen LogP) is 3.61. The molecule has 0 saturated heterocycles. The molecule has 0 amide bonds. The SMILES string of the molecule is COc1ccc(-c2cccc(OC(C)C)c2)cc1CN. The molecular formula is C17H21NO2. The predicted molar refractivity (Wildman–Crippen MR) is 82.1 cm³/mol. The third kappa shape index (κ3) is 3.31. The average molecular weight is 271 g/mol. The summed E-state index contributed by atoms with van der Waals surface area (Å²) in [5.41, 5.74) is 8.99. The lowest BCUT2D eigenvalue weighted by molar-refractivity contribution is 0.242. The van der Waals surface area contributed by atoms with Crippen molar-refractivity contribution in [3.63, 3.8) is 0 Å². The van der Waals surface area contributed by atoms with Gasteiger partial charge in [-0.1, -0.05) is 18.2 Å². The van der Waals surface area contributed by atoms with Gasteiger partial charge in [0, 0.05) is 12.1 Å². The van der Waals surface area contributed by atoms with Gasteiger partial charge in [0.1, 0.15) is 11.5 Å². The van der Waals surface area contributed by atoms with E-state index in [-0.39, 0.29) is 6.10 Å². The Bertz CT molecular complexity index is 579. The van der Waals surface area contributed by atoms with Crippen molar-refractivity contribution in [2.75, 3.05) is 7.11 Å². The first-order chi connectivity index (χ1) is 9.63. The van der Waals surface area contributed by atoms with Crippen LogP contribution in [0.15, 0.2) is 42.5 Å². The Balaban J connectivity index is 2.36. The molecule has 20 heavy (non-hydrogen) atoms. The van der Waals surface area contributed by atoms with Crippen molar-refractivity contribution >= 4 is 0 Å². The maximum atomic E-state index is 5.76. The van der Waals surface area contributed by atoms with Crippen LogP contribution >= 0.6 is 0 Å². The van der Waals surface area contributed by atoms with Gasteiger partial charge in [-0.15, -0.1) is 0 Å². The molecule has 0 fully saturated rings. The molecule has 2 N–H and O–H groups in total. The molecule has 0 aliphatic heterocycles. The van der Waals surface area contributed by atoms with Gasteiger partial charge in [-0.05, 0) is 49.2 Å². The number of nitrogens with two attached hydrogens (primary N) is 1. The Kier molecular flexibility index (Phi) is 4.64. The highest BCUT2D eigenvalue weighted by Crippen LogP contribution is 2.28. The molecule has 0 aromatic heterocycles. The van der Waals surface area contributed by atoms with E-state index >= 15 is 0 Å². The van der Waals surface area contributed by atoms with Gasteiger partial charge < -0.3 is 15.2 Å². The molecule has 0 saturated carbocycles. The van der Waals surface area contributed by atoms with E-state index in [2.05, 4.69) is 12.1 Å². The number of rotatable bonds is 5. The second-order valence-corrected chi connectivity index (χ2v) is 4.93. The molecule has 0 aliphatic rings. The van der Waals surface area contributed by atoms with Crippen LogP contribution in [0.2, 0.25) is 0 Å². The average Bonchev–Trinajstić information content (AvgIpc) is 2.46. The highest BCUT2D eigenvalue weighted by Gasteiger charge is 2.06. The van der Waals surface area contributed by atoms with Gasteiger partial charge in [0.05, 0.1) is 13.2 Å². The Morgan fingerprint density at radius 3 is 2.45 bits per heavy atom. The molecular weight excluding hydrogens is 250 g/mol. The molecule has 0 radical (unpaired) electrons. The van der Waals surface area contributed by atoms with Gasteiger partial charge in [-0.3, -0.25) is 0 Å². The van der Waals surface area contributed by atoms with Crippen molar-refractivity contribution < 1.29 is 9.47 Å². The normalized spacial score (nSPS) is 10.7. The van der Waals surface area contributed by atoms with Crippen molar-refractivity contribution in [1.29, 1.82) is 0 Å². The molecule has 2 aromatic carbocycles. The molecule has 0 bridgehead atoms. The van der Waals surface area contributed by atoms with Crippen LogP contribution in [-0.4, -0.2) is 13.2 Å². The smallest absolute Gasteiger partial charge is 0.123 e. The number of benzene rings is 2.